The van der Waals surface area contributed by atoms with Crippen LogP contribution in [0.3, 0.4) is 0 Å². The van der Waals surface area contributed by atoms with Crippen molar-refractivity contribution in [2.45, 2.75) is 50.7 Å². The summed E-state index contributed by atoms with van der Waals surface area (Å²) in [6.45, 7) is 3.00. The van der Waals surface area contributed by atoms with Crippen LogP contribution in [0.25, 0.3) is 0 Å². The third kappa shape index (κ3) is 1.17. The quantitative estimate of drug-likeness (QED) is 0.599. The second-order valence-corrected chi connectivity index (χ2v) is 4.29. The van der Waals surface area contributed by atoms with Gasteiger partial charge in [0.05, 0.1) is 11.7 Å². The van der Waals surface area contributed by atoms with Crippen molar-refractivity contribution in [2.24, 2.45) is 5.92 Å². The molecule has 3 atom stereocenters. The predicted octanol–water partition coefficient (Wildman–Crippen LogP) is 1.72. The van der Waals surface area contributed by atoms with Gasteiger partial charge in [0.1, 0.15) is 0 Å². The molecule has 0 amide bonds. The van der Waals surface area contributed by atoms with Crippen molar-refractivity contribution >= 4 is 0 Å². The molecule has 12 heavy (non-hydrogen) atoms. The Bertz CT molecular complexity index is 167. The van der Waals surface area contributed by atoms with Crippen LogP contribution < -0.4 is 0 Å². The molecular weight excluding hydrogens is 152 g/mol. The van der Waals surface area contributed by atoms with Crippen molar-refractivity contribution in [3.63, 3.8) is 0 Å². The van der Waals surface area contributed by atoms with Gasteiger partial charge in [0.25, 0.3) is 0 Å². The fraction of sp³-hybridized carbons (Fsp3) is 1.00. The van der Waals surface area contributed by atoms with Gasteiger partial charge in [-0.3, -0.25) is 0 Å². The molecule has 70 valence electrons. The smallest absolute Gasteiger partial charge is 0.0934 e. The zero-order chi connectivity index (χ0) is 8.60. The summed E-state index contributed by atoms with van der Waals surface area (Å²) < 4.78 is 5.61. The molecule has 2 fully saturated rings. The highest BCUT2D eigenvalue weighted by molar-refractivity contribution is 4.97. The first-order chi connectivity index (χ1) is 5.73. The Morgan fingerprint density at radius 1 is 1.33 bits per heavy atom. The van der Waals surface area contributed by atoms with E-state index >= 15 is 0 Å². The minimum Gasteiger partial charge on any atom is -0.387 e. The summed E-state index contributed by atoms with van der Waals surface area (Å²) in [6, 6.07) is 0. The average molecular weight is 170 g/mol. The van der Waals surface area contributed by atoms with Crippen molar-refractivity contribution in [3.05, 3.63) is 0 Å². The van der Waals surface area contributed by atoms with Crippen LogP contribution in [-0.2, 0) is 4.74 Å². The van der Waals surface area contributed by atoms with E-state index in [1.165, 1.54) is 12.8 Å². The predicted molar refractivity (Wildman–Crippen MR) is 46.9 cm³/mol. The van der Waals surface area contributed by atoms with Gasteiger partial charge in [-0.2, -0.15) is 0 Å². The number of rotatable bonds is 0. The second kappa shape index (κ2) is 3.00. The van der Waals surface area contributed by atoms with E-state index in [4.69, 9.17) is 4.74 Å². The normalized spacial score (nSPS) is 48.5. The molecule has 2 heteroatoms. The van der Waals surface area contributed by atoms with Gasteiger partial charge in [-0.15, -0.1) is 0 Å². The maximum atomic E-state index is 10.3. The zero-order valence-electron chi connectivity index (χ0n) is 7.75. The summed E-state index contributed by atoms with van der Waals surface area (Å²) in [5.41, 5.74) is -0.490. The maximum absolute atomic E-state index is 10.3. The highest BCUT2D eigenvalue weighted by Crippen LogP contribution is 2.40. The number of hydrogen-bond acceptors (Lipinski definition) is 2. The van der Waals surface area contributed by atoms with Gasteiger partial charge >= 0.3 is 0 Å². The van der Waals surface area contributed by atoms with E-state index in [2.05, 4.69) is 6.92 Å². The van der Waals surface area contributed by atoms with Crippen LogP contribution in [-0.4, -0.2) is 23.4 Å². The number of aliphatic hydroxyl groups is 1. The molecule has 0 aromatic carbocycles. The summed E-state index contributed by atoms with van der Waals surface area (Å²) in [5, 5.41) is 10.3. The molecule has 2 aliphatic rings. The lowest BCUT2D eigenvalue weighted by atomic mass is 9.72. The van der Waals surface area contributed by atoms with Gasteiger partial charge in [-0.25, -0.2) is 0 Å². The minimum atomic E-state index is -0.490. The molecule has 0 aromatic heterocycles. The molecule has 0 radical (unpaired) electrons. The molecule has 1 saturated carbocycles. The topological polar surface area (TPSA) is 29.5 Å². The Morgan fingerprint density at radius 3 is 2.92 bits per heavy atom. The fourth-order valence-electron chi connectivity index (χ4n) is 2.58. The Balaban J connectivity index is 2.14. The van der Waals surface area contributed by atoms with Crippen molar-refractivity contribution in [3.8, 4) is 0 Å². The molecule has 2 rings (SSSR count). The van der Waals surface area contributed by atoms with Gasteiger partial charge in [0.15, 0.2) is 0 Å². The third-order valence-corrected chi connectivity index (χ3v) is 3.57. The van der Waals surface area contributed by atoms with Gasteiger partial charge in [0.2, 0.25) is 0 Å². The summed E-state index contributed by atoms with van der Waals surface area (Å²) in [4.78, 5) is 0. The van der Waals surface area contributed by atoms with Crippen molar-refractivity contribution in [2.75, 3.05) is 6.61 Å². The molecule has 0 aromatic rings. The van der Waals surface area contributed by atoms with E-state index in [1.807, 2.05) is 0 Å². The van der Waals surface area contributed by atoms with E-state index in [9.17, 15) is 5.11 Å². The van der Waals surface area contributed by atoms with Gasteiger partial charge in [-0.1, -0.05) is 19.8 Å². The van der Waals surface area contributed by atoms with E-state index in [-0.39, 0.29) is 6.10 Å². The van der Waals surface area contributed by atoms with Crippen LogP contribution in [0.4, 0.5) is 0 Å². The highest BCUT2D eigenvalue weighted by Gasteiger charge is 2.46. The Hall–Kier alpha value is -0.0800. The highest BCUT2D eigenvalue weighted by atomic mass is 16.5. The summed E-state index contributed by atoms with van der Waals surface area (Å²) in [6.07, 6.45) is 5.54. The molecular formula is C10H18O2. The molecule has 0 bridgehead atoms. The molecule has 2 unspecified atom stereocenters. The first-order valence-electron chi connectivity index (χ1n) is 5.07. The molecule has 0 spiro atoms. The first-order valence-corrected chi connectivity index (χ1v) is 5.07. The lowest BCUT2D eigenvalue weighted by molar-refractivity contribution is -0.190. The van der Waals surface area contributed by atoms with E-state index in [0.29, 0.717) is 5.92 Å². The Labute approximate surface area is 73.9 Å². The molecule has 1 aliphatic carbocycles. The van der Waals surface area contributed by atoms with Crippen LogP contribution >= 0.6 is 0 Å². The van der Waals surface area contributed by atoms with Gasteiger partial charge in [-0.05, 0) is 25.2 Å². The molecule has 1 aliphatic heterocycles. The number of fused-ring (bicyclic) bond motifs is 1. The largest absolute Gasteiger partial charge is 0.387 e. The summed E-state index contributed by atoms with van der Waals surface area (Å²) >= 11 is 0. The fourth-order valence-corrected chi connectivity index (χ4v) is 2.58. The summed E-state index contributed by atoms with van der Waals surface area (Å²) in [5.74, 6) is 0.427. The van der Waals surface area contributed by atoms with Crippen LogP contribution in [0, 0.1) is 5.92 Å². The standard InChI is InChI=1S/C10H18O2/c1-8-5-7-12-9-4-2-3-6-10(8,9)11/h8-9,11H,2-7H2,1H3/t8?,9?,10-/m0/s1. The lowest BCUT2D eigenvalue weighted by Crippen LogP contribution is -2.54. The molecule has 1 N–H and O–H groups in total. The lowest BCUT2D eigenvalue weighted by Gasteiger charge is -2.47. The van der Waals surface area contributed by atoms with Gasteiger partial charge < -0.3 is 9.84 Å². The van der Waals surface area contributed by atoms with Crippen LogP contribution in [0.15, 0.2) is 0 Å². The Kier molecular flexibility index (Phi) is 2.13. The number of hydrogen-bond donors (Lipinski definition) is 1. The number of ether oxygens (including phenoxy) is 1. The van der Waals surface area contributed by atoms with Crippen LogP contribution in [0.2, 0.25) is 0 Å². The van der Waals surface area contributed by atoms with E-state index < -0.39 is 5.60 Å². The monoisotopic (exact) mass is 170 g/mol. The zero-order valence-corrected chi connectivity index (χ0v) is 7.75. The molecule has 1 heterocycles. The third-order valence-electron chi connectivity index (χ3n) is 3.57. The van der Waals surface area contributed by atoms with E-state index in [1.54, 1.807) is 0 Å². The molecule has 1 saturated heterocycles. The summed E-state index contributed by atoms with van der Waals surface area (Å²) in [7, 11) is 0. The Morgan fingerprint density at radius 2 is 2.17 bits per heavy atom. The minimum absolute atomic E-state index is 0.134. The van der Waals surface area contributed by atoms with Gasteiger partial charge in [0, 0.05) is 6.61 Å². The average Bonchev–Trinajstić information content (AvgIpc) is 2.07. The van der Waals surface area contributed by atoms with E-state index in [0.717, 1.165) is 25.9 Å². The van der Waals surface area contributed by atoms with Crippen molar-refractivity contribution in [1.29, 1.82) is 0 Å². The van der Waals surface area contributed by atoms with Crippen LogP contribution in [0.1, 0.15) is 39.0 Å². The van der Waals surface area contributed by atoms with Crippen molar-refractivity contribution < 1.29 is 9.84 Å². The first kappa shape index (κ1) is 8.52. The van der Waals surface area contributed by atoms with Crippen LogP contribution in [0.5, 0.6) is 0 Å². The SMILES string of the molecule is CC1CCOC2CCCC[C@]12O. The maximum Gasteiger partial charge on any atom is 0.0934 e. The van der Waals surface area contributed by atoms with Crippen molar-refractivity contribution in [1.82, 2.24) is 0 Å². The second-order valence-electron chi connectivity index (χ2n) is 4.29. The molecule has 2 nitrogen and oxygen atoms in total.